The van der Waals surface area contributed by atoms with E-state index in [4.69, 9.17) is 4.98 Å². The first-order valence-electron chi connectivity index (χ1n) is 11.8. The van der Waals surface area contributed by atoms with Gasteiger partial charge < -0.3 is 15.1 Å². The Kier molecular flexibility index (Phi) is 6.11. The number of rotatable bonds is 5. The SMILES string of the molecule is Cc1cc(NC(=O)c2ccc(N3CCN(C)CC3)c([N+](=O)[O-])c2)n(-c2cc(C)c3ccccc3n2)n1. The molecule has 2 aromatic carbocycles. The van der Waals surface area contributed by atoms with Gasteiger partial charge in [-0.15, -0.1) is 0 Å². The number of fused-ring (bicyclic) bond motifs is 1. The molecule has 2 aromatic heterocycles. The normalized spacial score (nSPS) is 14.2. The molecule has 3 heterocycles. The largest absolute Gasteiger partial charge is 0.363 e. The highest BCUT2D eigenvalue weighted by molar-refractivity contribution is 6.05. The number of likely N-dealkylation sites (N-methyl/N-ethyl adjacent to an activating group) is 1. The van der Waals surface area contributed by atoms with Crippen LogP contribution in [-0.4, -0.2) is 63.7 Å². The van der Waals surface area contributed by atoms with Gasteiger partial charge in [-0.3, -0.25) is 14.9 Å². The van der Waals surface area contributed by atoms with E-state index >= 15 is 0 Å². The summed E-state index contributed by atoms with van der Waals surface area (Å²) < 4.78 is 1.58. The van der Waals surface area contributed by atoms with Gasteiger partial charge in [0.1, 0.15) is 11.5 Å². The van der Waals surface area contributed by atoms with Crippen molar-refractivity contribution in [2.45, 2.75) is 13.8 Å². The fraction of sp³-hybridized carbons (Fsp3) is 0.269. The van der Waals surface area contributed by atoms with Crippen LogP contribution >= 0.6 is 0 Å². The van der Waals surface area contributed by atoms with Crippen LogP contribution < -0.4 is 10.2 Å². The Morgan fingerprint density at radius 1 is 1.03 bits per heavy atom. The first-order chi connectivity index (χ1) is 17.3. The van der Waals surface area contributed by atoms with Crippen molar-refractivity contribution in [2.24, 2.45) is 0 Å². The summed E-state index contributed by atoms with van der Waals surface area (Å²) in [5, 5.41) is 20.3. The smallest absolute Gasteiger partial charge is 0.293 e. The van der Waals surface area contributed by atoms with Gasteiger partial charge in [0.25, 0.3) is 11.6 Å². The molecule has 1 amide bonds. The van der Waals surface area contributed by atoms with Crippen molar-refractivity contribution in [3.63, 3.8) is 0 Å². The van der Waals surface area contributed by atoms with Crippen molar-refractivity contribution < 1.29 is 9.72 Å². The summed E-state index contributed by atoms with van der Waals surface area (Å²) in [5.41, 5.74) is 3.22. The second kappa shape index (κ2) is 9.38. The molecule has 0 saturated carbocycles. The van der Waals surface area contributed by atoms with Crippen LogP contribution in [0.4, 0.5) is 17.2 Å². The highest BCUT2D eigenvalue weighted by Crippen LogP contribution is 2.30. The van der Waals surface area contributed by atoms with Crippen molar-refractivity contribution in [3.05, 3.63) is 81.5 Å². The highest BCUT2D eigenvalue weighted by Gasteiger charge is 2.25. The lowest BCUT2D eigenvalue weighted by atomic mass is 10.1. The standard InChI is InChI=1S/C26H27N7O3/c1-17-14-24(27-21-7-5-4-6-20(17)21)32-25(15-18(2)29-32)28-26(34)19-8-9-22(23(16-19)33(35)36)31-12-10-30(3)11-13-31/h4-9,14-16H,10-13H2,1-3H3,(H,28,34). The molecule has 36 heavy (non-hydrogen) atoms. The van der Waals surface area contributed by atoms with E-state index < -0.39 is 10.8 Å². The molecule has 0 unspecified atom stereocenters. The van der Waals surface area contributed by atoms with E-state index in [0.29, 0.717) is 36.1 Å². The number of pyridine rings is 1. The van der Waals surface area contributed by atoms with E-state index in [1.165, 1.54) is 6.07 Å². The molecule has 1 aliphatic rings. The topological polar surface area (TPSA) is 109 Å². The zero-order chi connectivity index (χ0) is 25.4. The molecule has 5 rings (SSSR count). The zero-order valence-electron chi connectivity index (χ0n) is 20.4. The van der Waals surface area contributed by atoms with Crippen molar-refractivity contribution in [1.29, 1.82) is 0 Å². The minimum atomic E-state index is -0.457. The number of anilines is 2. The number of hydrogen-bond donors (Lipinski definition) is 1. The summed E-state index contributed by atoms with van der Waals surface area (Å²) in [7, 11) is 2.03. The lowest BCUT2D eigenvalue weighted by Gasteiger charge is -2.33. The minimum Gasteiger partial charge on any atom is -0.363 e. The Morgan fingerprint density at radius 2 is 1.78 bits per heavy atom. The summed E-state index contributed by atoms with van der Waals surface area (Å²) in [4.78, 5) is 33.5. The van der Waals surface area contributed by atoms with Crippen molar-refractivity contribution in [3.8, 4) is 5.82 Å². The fourth-order valence-corrected chi connectivity index (χ4v) is 4.52. The second-order valence-corrected chi connectivity index (χ2v) is 9.10. The monoisotopic (exact) mass is 485 g/mol. The maximum Gasteiger partial charge on any atom is 0.293 e. The molecule has 1 fully saturated rings. The number of nitrogens with zero attached hydrogens (tertiary/aromatic N) is 6. The molecular formula is C26H27N7O3. The number of aryl methyl sites for hydroxylation is 2. The van der Waals surface area contributed by atoms with Gasteiger partial charge in [-0.25, -0.2) is 4.98 Å². The van der Waals surface area contributed by atoms with E-state index in [-0.39, 0.29) is 11.3 Å². The maximum absolute atomic E-state index is 13.2. The van der Waals surface area contributed by atoms with Gasteiger partial charge in [0.15, 0.2) is 5.82 Å². The third kappa shape index (κ3) is 4.50. The van der Waals surface area contributed by atoms with Crippen molar-refractivity contribution in [1.82, 2.24) is 19.7 Å². The van der Waals surface area contributed by atoms with Crippen LogP contribution in [0.15, 0.2) is 54.6 Å². The predicted octanol–water partition coefficient (Wildman–Crippen LogP) is 3.95. The van der Waals surface area contributed by atoms with Gasteiger partial charge in [0.05, 0.1) is 16.1 Å². The third-order valence-electron chi connectivity index (χ3n) is 6.48. The second-order valence-electron chi connectivity index (χ2n) is 9.10. The van der Waals surface area contributed by atoms with Gasteiger partial charge >= 0.3 is 0 Å². The molecule has 184 valence electrons. The van der Waals surface area contributed by atoms with Crippen LogP contribution in [-0.2, 0) is 0 Å². The van der Waals surface area contributed by atoms with Crippen LogP contribution in [0.5, 0.6) is 0 Å². The molecule has 0 bridgehead atoms. The number of benzene rings is 2. The Balaban J connectivity index is 1.45. The van der Waals surface area contributed by atoms with Gasteiger partial charge in [0.2, 0.25) is 0 Å². The Hall–Kier alpha value is -4.31. The number of piperazine rings is 1. The Morgan fingerprint density at radius 3 is 2.53 bits per heavy atom. The summed E-state index contributed by atoms with van der Waals surface area (Å²) in [5.74, 6) is 0.554. The Bertz CT molecular complexity index is 1470. The van der Waals surface area contributed by atoms with Crippen molar-refractivity contribution >= 4 is 34.0 Å². The molecule has 10 nitrogen and oxygen atoms in total. The molecule has 0 atom stereocenters. The molecule has 4 aromatic rings. The van der Waals surface area contributed by atoms with Crippen LogP contribution in [0, 0.1) is 24.0 Å². The van der Waals surface area contributed by atoms with E-state index in [9.17, 15) is 14.9 Å². The average Bonchev–Trinajstić information content (AvgIpc) is 3.24. The number of nitro benzene ring substituents is 1. The molecule has 10 heteroatoms. The number of hydrogen-bond acceptors (Lipinski definition) is 7. The number of carbonyl (C=O) groups is 1. The van der Waals surface area contributed by atoms with Gasteiger partial charge in [-0.2, -0.15) is 9.78 Å². The number of amides is 1. The highest BCUT2D eigenvalue weighted by atomic mass is 16.6. The van der Waals surface area contributed by atoms with E-state index in [2.05, 4.69) is 15.3 Å². The molecular weight excluding hydrogens is 458 g/mol. The van der Waals surface area contributed by atoms with Gasteiger partial charge in [-0.1, -0.05) is 18.2 Å². The van der Waals surface area contributed by atoms with Crippen LogP contribution in [0.25, 0.3) is 16.7 Å². The fourth-order valence-electron chi connectivity index (χ4n) is 4.52. The quantitative estimate of drug-likeness (QED) is 0.337. The molecule has 0 radical (unpaired) electrons. The van der Waals surface area contributed by atoms with Crippen LogP contribution in [0.3, 0.4) is 0 Å². The lowest BCUT2D eigenvalue weighted by Crippen LogP contribution is -2.44. The average molecular weight is 486 g/mol. The number of nitrogens with one attached hydrogen (secondary N) is 1. The van der Waals surface area contributed by atoms with Crippen LogP contribution in [0.1, 0.15) is 21.6 Å². The minimum absolute atomic E-state index is 0.0799. The van der Waals surface area contributed by atoms with Gasteiger partial charge in [0, 0.05) is 49.3 Å². The van der Waals surface area contributed by atoms with E-state index in [0.717, 1.165) is 29.6 Å². The van der Waals surface area contributed by atoms with Crippen LogP contribution in [0.2, 0.25) is 0 Å². The first kappa shape index (κ1) is 23.4. The van der Waals surface area contributed by atoms with E-state index in [1.807, 2.05) is 56.1 Å². The summed E-state index contributed by atoms with van der Waals surface area (Å²) in [6.07, 6.45) is 0. The first-order valence-corrected chi connectivity index (χ1v) is 11.8. The summed E-state index contributed by atoms with van der Waals surface area (Å²) >= 11 is 0. The molecule has 1 N–H and O–H groups in total. The maximum atomic E-state index is 13.2. The summed E-state index contributed by atoms with van der Waals surface area (Å²) in [6, 6.07) is 16.1. The molecule has 0 aliphatic carbocycles. The lowest BCUT2D eigenvalue weighted by molar-refractivity contribution is -0.384. The predicted molar refractivity (Wildman–Crippen MR) is 139 cm³/mol. The Labute approximate surface area is 208 Å². The summed E-state index contributed by atoms with van der Waals surface area (Å²) in [6.45, 7) is 6.87. The van der Waals surface area contributed by atoms with Crippen molar-refractivity contribution in [2.75, 3.05) is 43.4 Å². The third-order valence-corrected chi connectivity index (χ3v) is 6.48. The molecule has 1 aliphatic heterocycles. The number of nitro groups is 1. The molecule has 1 saturated heterocycles. The molecule has 0 spiro atoms. The number of aromatic nitrogens is 3. The zero-order valence-corrected chi connectivity index (χ0v) is 20.4. The number of para-hydroxylation sites is 1. The van der Waals surface area contributed by atoms with Gasteiger partial charge in [-0.05, 0) is 50.7 Å². The van der Waals surface area contributed by atoms with E-state index in [1.54, 1.807) is 22.9 Å². The number of carbonyl (C=O) groups excluding carboxylic acids is 1.